The SMILES string of the molecule is CCCC(=O)CC(=O)CCC(=O)O.[Ir]. The maximum absolute atomic E-state index is 10.9. The largest absolute Gasteiger partial charge is 0.481 e. The van der Waals surface area contributed by atoms with Crippen molar-refractivity contribution in [3.8, 4) is 0 Å². The quantitative estimate of drug-likeness (QED) is 0.676. The molecule has 0 fully saturated rings. The normalized spacial score (nSPS) is 8.93. The topological polar surface area (TPSA) is 71.4 Å². The van der Waals surface area contributed by atoms with Crippen LogP contribution in [0.25, 0.3) is 0 Å². The molecule has 0 aliphatic rings. The van der Waals surface area contributed by atoms with E-state index in [9.17, 15) is 14.4 Å². The van der Waals surface area contributed by atoms with Gasteiger partial charge in [-0.3, -0.25) is 14.4 Å². The Hall–Kier alpha value is -0.541. The van der Waals surface area contributed by atoms with Gasteiger partial charge >= 0.3 is 5.97 Å². The van der Waals surface area contributed by atoms with Crippen molar-refractivity contribution in [3.63, 3.8) is 0 Å². The molecule has 0 aliphatic heterocycles. The third kappa shape index (κ3) is 9.55. The molecule has 5 heteroatoms. The Morgan fingerprint density at radius 2 is 1.50 bits per heavy atom. The third-order valence-corrected chi connectivity index (χ3v) is 1.54. The van der Waals surface area contributed by atoms with E-state index in [1.54, 1.807) is 0 Å². The van der Waals surface area contributed by atoms with E-state index in [0.29, 0.717) is 6.42 Å². The number of rotatable bonds is 7. The van der Waals surface area contributed by atoms with E-state index < -0.39 is 5.97 Å². The second-order valence-corrected chi connectivity index (χ2v) is 2.90. The first-order chi connectivity index (χ1) is 6.06. The Balaban J connectivity index is 0. The second-order valence-electron chi connectivity index (χ2n) is 2.90. The summed E-state index contributed by atoms with van der Waals surface area (Å²) in [6, 6.07) is 0. The number of hydrogen-bond donors (Lipinski definition) is 1. The summed E-state index contributed by atoms with van der Waals surface area (Å²) in [5.41, 5.74) is 0. The maximum Gasteiger partial charge on any atom is 0.303 e. The van der Waals surface area contributed by atoms with Crippen LogP contribution in [-0.2, 0) is 34.5 Å². The minimum absolute atomic E-state index is 0. The molecule has 0 aromatic carbocycles. The molecule has 0 aromatic rings. The Morgan fingerprint density at radius 3 is 1.93 bits per heavy atom. The van der Waals surface area contributed by atoms with Gasteiger partial charge in [0.2, 0.25) is 0 Å². The molecule has 83 valence electrons. The predicted molar refractivity (Wildman–Crippen MR) is 46.4 cm³/mol. The van der Waals surface area contributed by atoms with Gasteiger partial charge in [0.1, 0.15) is 11.6 Å². The van der Waals surface area contributed by atoms with Gasteiger partial charge in [-0.25, -0.2) is 0 Å². The number of carbonyl (C=O) groups is 3. The predicted octanol–water partition coefficient (Wildman–Crippen LogP) is 1.18. The van der Waals surface area contributed by atoms with Gasteiger partial charge in [-0.05, 0) is 6.42 Å². The van der Waals surface area contributed by atoms with Gasteiger partial charge in [0.15, 0.2) is 0 Å². The van der Waals surface area contributed by atoms with Crippen molar-refractivity contribution in [3.05, 3.63) is 0 Å². The average Bonchev–Trinajstić information content (AvgIpc) is 2.01. The molecule has 0 amide bonds. The fraction of sp³-hybridized carbons (Fsp3) is 0.667. The Labute approximate surface area is 96.4 Å². The smallest absolute Gasteiger partial charge is 0.303 e. The first-order valence-corrected chi connectivity index (χ1v) is 4.31. The van der Waals surface area contributed by atoms with Crippen LogP contribution in [0.2, 0.25) is 0 Å². The van der Waals surface area contributed by atoms with Crippen molar-refractivity contribution in [2.45, 2.75) is 39.0 Å². The number of Topliss-reactive ketones (excluding diaryl/α,β-unsaturated/α-hetero) is 2. The summed E-state index contributed by atoms with van der Waals surface area (Å²) in [5.74, 6) is -1.38. The van der Waals surface area contributed by atoms with E-state index in [1.807, 2.05) is 6.92 Å². The van der Waals surface area contributed by atoms with Gasteiger partial charge < -0.3 is 5.11 Å². The zero-order chi connectivity index (χ0) is 10.3. The maximum atomic E-state index is 10.9. The molecule has 4 nitrogen and oxygen atoms in total. The van der Waals surface area contributed by atoms with Crippen molar-refractivity contribution >= 4 is 17.5 Å². The van der Waals surface area contributed by atoms with Crippen LogP contribution in [0, 0.1) is 0 Å². The van der Waals surface area contributed by atoms with Crippen LogP contribution in [0.3, 0.4) is 0 Å². The van der Waals surface area contributed by atoms with E-state index in [4.69, 9.17) is 5.11 Å². The Kier molecular flexibility index (Phi) is 10.3. The van der Waals surface area contributed by atoms with E-state index in [2.05, 4.69) is 0 Å². The zero-order valence-electron chi connectivity index (χ0n) is 8.04. The molecule has 0 bridgehead atoms. The summed E-state index contributed by atoms with van der Waals surface area (Å²) in [6.45, 7) is 1.86. The number of carbonyl (C=O) groups excluding carboxylic acids is 2. The molecule has 0 saturated carbocycles. The molecule has 0 unspecified atom stereocenters. The first-order valence-electron chi connectivity index (χ1n) is 4.31. The van der Waals surface area contributed by atoms with Gasteiger partial charge in [0.25, 0.3) is 0 Å². The van der Waals surface area contributed by atoms with E-state index >= 15 is 0 Å². The molecule has 0 rings (SSSR count). The molecule has 0 aliphatic carbocycles. The molecule has 0 saturated heterocycles. The first kappa shape index (κ1) is 15.9. The van der Waals surface area contributed by atoms with Crippen LogP contribution in [0.1, 0.15) is 39.0 Å². The molecule has 0 aromatic heterocycles. The standard InChI is InChI=1S/C9H14O4.Ir/c1-2-3-7(10)6-8(11)4-5-9(12)13;/h2-6H2,1H3,(H,12,13);. The van der Waals surface area contributed by atoms with Gasteiger partial charge in [0, 0.05) is 32.9 Å². The molecule has 0 spiro atoms. The molecule has 14 heavy (non-hydrogen) atoms. The van der Waals surface area contributed by atoms with Crippen LogP contribution < -0.4 is 0 Å². The number of carboxylic acid groups (broad SMARTS) is 1. The third-order valence-electron chi connectivity index (χ3n) is 1.54. The molecular weight excluding hydrogens is 364 g/mol. The molecule has 0 heterocycles. The number of ketones is 2. The second kappa shape index (κ2) is 9.03. The fourth-order valence-corrected chi connectivity index (χ4v) is 0.922. The number of hydrogen-bond acceptors (Lipinski definition) is 3. The van der Waals surface area contributed by atoms with Crippen molar-refractivity contribution in [1.29, 1.82) is 0 Å². The summed E-state index contributed by atoms with van der Waals surface area (Å²) in [5, 5.41) is 8.26. The Bertz CT molecular complexity index is 213. The summed E-state index contributed by atoms with van der Waals surface area (Å²) >= 11 is 0. The molecule has 1 N–H and O–H groups in total. The monoisotopic (exact) mass is 379 g/mol. The van der Waals surface area contributed by atoms with Crippen LogP contribution in [0.15, 0.2) is 0 Å². The Morgan fingerprint density at radius 1 is 1.00 bits per heavy atom. The van der Waals surface area contributed by atoms with E-state index in [-0.39, 0.29) is 50.9 Å². The fourth-order valence-electron chi connectivity index (χ4n) is 0.922. The minimum atomic E-state index is -1.00. The van der Waals surface area contributed by atoms with Gasteiger partial charge in [-0.15, -0.1) is 0 Å². The molecule has 0 atom stereocenters. The average molecular weight is 378 g/mol. The molecule has 1 radical (unpaired) electrons. The van der Waals surface area contributed by atoms with Crippen LogP contribution >= 0.6 is 0 Å². The van der Waals surface area contributed by atoms with Crippen LogP contribution in [-0.4, -0.2) is 22.6 Å². The van der Waals surface area contributed by atoms with Gasteiger partial charge in [-0.1, -0.05) is 6.92 Å². The summed E-state index contributed by atoms with van der Waals surface area (Å²) < 4.78 is 0. The van der Waals surface area contributed by atoms with Crippen molar-refractivity contribution < 1.29 is 39.6 Å². The number of carboxylic acids is 1. The van der Waals surface area contributed by atoms with Crippen molar-refractivity contribution in [2.24, 2.45) is 0 Å². The van der Waals surface area contributed by atoms with E-state index in [1.165, 1.54) is 0 Å². The van der Waals surface area contributed by atoms with E-state index in [0.717, 1.165) is 6.42 Å². The number of aliphatic carboxylic acids is 1. The summed E-state index contributed by atoms with van der Waals surface area (Å²) in [7, 11) is 0. The van der Waals surface area contributed by atoms with Crippen LogP contribution in [0.4, 0.5) is 0 Å². The van der Waals surface area contributed by atoms with Gasteiger partial charge in [0.05, 0.1) is 12.8 Å². The van der Waals surface area contributed by atoms with Crippen molar-refractivity contribution in [2.75, 3.05) is 0 Å². The zero-order valence-corrected chi connectivity index (χ0v) is 10.4. The molecular formula is C9H14IrO4. The summed E-state index contributed by atoms with van der Waals surface area (Å²) in [6.07, 6.45) is 0.800. The van der Waals surface area contributed by atoms with Crippen molar-refractivity contribution in [1.82, 2.24) is 0 Å². The van der Waals surface area contributed by atoms with Gasteiger partial charge in [-0.2, -0.15) is 0 Å². The summed E-state index contributed by atoms with van der Waals surface area (Å²) in [4.78, 5) is 32.0. The minimum Gasteiger partial charge on any atom is -0.481 e. The van der Waals surface area contributed by atoms with Crippen LogP contribution in [0.5, 0.6) is 0 Å².